The van der Waals surface area contributed by atoms with Gasteiger partial charge in [-0.05, 0) is 50.0 Å². The Morgan fingerprint density at radius 1 is 1.26 bits per heavy atom. The van der Waals surface area contributed by atoms with Crippen LogP contribution in [0.3, 0.4) is 0 Å². The van der Waals surface area contributed by atoms with Gasteiger partial charge in [-0.25, -0.2) is 0 Å². The number of aromatic hydroxyl groups is 2. The summed E-state index contributed by atoms with van der Waals surface area (Å²) >= 11 is 0. The van der Waals surface area contributed by atoms with Crippen molar-refractivity contribution in [3.63, 3.8) is 0 Å². The van der Waals surface area contributed by atoms with E-state index in [0.717, 1.165) is 12.0 Å². The third kappa shape index (κ3) is 3.77. The number of hydrogen-bond acceptors (Lipinski definition) is 5. The number of hydrogen-bond donors (Lipinski definition) is 2. The van der Waals surface area contributed by atoms with E-state index in [1.807, 2.05) is 20.8 Å². The van der Waals surface area contributed by atoms with Crippen LogP contribution in [-0.4, -0.2) is 28.7 Å². The monoisotopic (exact) mass is 368 g/mol. The number of phenols is 2. The van der Waals surface area contributed by atoms with Crippen molar-refractivity contribution in [2.75, 3.05) is 7.11 Å². The van der Waals surface area contributed by atoms with Crippen LogP contribution in [0.25, 0.3) is 6.08 Å². The molecule has 0 spiro atoms. The highest BCUT2D eigenvalue weighted by molar-refractivity contribution is 6.11. The normalized spacial score (nSPS) is 18.0. The number of fused-ring (bicyclic) bond motifs is 1. The van der Waals surface area contributed by atoms with Gasteiger partial charge in [-0.1, -0.05) is 25.1 Å². The highest BCUT2D eigenvalue weighted by Gasteiger charge is 2.36. The molecular formula is C22H24O5. The molecule has 0 aromatic heterocycles. The SMILES string of the molecule is COc1cc2c(c(O)c1C(=O)/C=C/c1ccc(O)cc1)C(C)CC(C)(C)O2. The number of ether oxygens (including phenoxy) is 2. The first-order chi connectivity index (χ1) is 12.7. The van der Waals surface area contributed by atoms with Crippen LogP contribution in [0.5, 0.6) is 23.0 Å². The molecule has 0 bridgehead atoms. The number of allylic oxidation sites excluding steroid dienone is 1. The zero-order valence-electron chi connectivity index (χ0n) is 15.9. The van der Waals surface area contributed by atoms with Gasteiger partial charge in [0.05, 0.1) is 7.11 Å². The van der Waals surface area contributed by atoms with Crippen molar-refractivity contribution < 1.29 is 24.5 Å². The third-order valence-corrected chi connectivity index (χ3v) is 4.73. The van der Waals surface area contributed by atoms with Crippen LogP contribution in [0.1, 0.15) is 54.6 Å². The Balaban J connectivity index is 2.01. The quantitative estimate of drug-likeness (QED) is 0.606. The summed E-state index contributed by atoms with van der Waals surface area (Å²) in [6.07, 6.45) is 3.74. The molecule has 5 nitrogen and oxygen atoms in total. The maximum absolute atomic E-state index is 12.8. The van der Waals surface area contributed by atoms with Crippen molar-refractivity contribution in [3.8, 4) is 23.0 Å². The smallest absolute Gasteiger partial charge is 0.193 e. The molecule has 142 valence electrons. The summed E-state index contributed by atoms with van der Waals surface area (Å²) in [6.45, 7) is 6.00. The maximum Gasteiger partial charge on any atom is 0.193 e. The predicted molar refractivity (Wildman–Crippen MR) is 104 cm³/mol. The summed E-state index contributed by atoms with van der Waals surface area (Å²) in [5.74, 6) is 0.570. The molecule has 0 radical (unpaired) electrons. The van der Waals surface area contributed by atoms with Crippen LogP contribution < -0.4 is 9.47 Å². The minimum Gasteiger partial charge on any atom is -0.508 e. The van der Waals surface area contributed by atoms with Crippen molar-refractivity contribution >= 4 is 11.9 Å². The molecule has 0 amide bonds. The highest BCUT2D eigenvalue weighted by atomic mass is 16.5. The van der Waals surface area contributed by atoms with Gasteiger partial charge in [0.25, 0.3) is 0 Å². The topological polar surface area (TPSA) is 76.0 Å². The predicted octanol–water partition coefficient (Wildman–Crippen LogP) is 4.67. The summed E-state index contributed by atoms with van der Waals surface area (Å²) in [5, 5.41) is 20.2. The Morgan fingerprint density at radius 3 is 2.56 bits per heavy atom. The van der Waals surface area contributed by atoms with Gasteiger partial charge < -0.3 is 19.7 Å². The Morgan fingerprint density at radius 2 is 1.93 bits per heavy atom. The zero-order chi connectivity index (χ0) is 19.8. The van der Waals surface area contributed by atoms with Crippen molar-refractivity contribution in [1.82, 2.24) is 0 Å². The second-order valence-electron chi connectivity index (χ2n) is 7.47. The van der Waals surface area contributed by atoms with E-state index < -0.39 is 0 Å². The first kappa shape index (κ1) is 18.8. The molecule has 1 heterocycles. The maximum atomic E-state index is 12.8. The van der Waals surface area contributed by atoms with Gasteiger partial charge in [0.1, 0.15) is 34.2 Å². The van der Waals surface area contributed by atoms with Crippen LogP contribution in [0, 0.1) is 0 Å². The molecule has 2 N–H and O–H groups in total. The molecular weight excluding hydrogens is 344 g/mol. The van der Waals surface area contributed by atoms with Gasteiger partial charge in [-0.3, -0.25) is 4.79 Å². The van der Waals surface area contributed by atoms with Crippen LogP contribution in [0.2, 0.25) is 0 Å². The summed E-state index contributed by atoms with van der Waals surface area (Å²) in [7, 11) is 1.46. The minimum atomic E-state index is -0.364. The second-order valence-corrected chi connectivity index (χ2v) is 7.47. The lowest BCUT2D eigenvalue weighted by molar-refractivity contribution is 0.0730. The summed E-state index contributed by atoms with van der Waals surface area (Å²) < 4.78 is 11.4. The lowest BCUT2D eigenvalue weighted by Gasteiger charge is -2.37. The van der Waals surface area contributed by atoms with Crippen LogP contribution in [0.15, 0.2) is 36.4 Å². The van der Waals surface area contributed by atoms with Crippen molar-refractivity contribution in [3.05, 3.63) is 53.1 Å². The van der Waals surface area contributed by atoms with E-state index in [2.05, 4.69) is 0 Å². The number of carbonyl (C=O) groups excluding carboxylic acids is 1. The Kier molecular flexibility index (Phi) is 4.87. The molecule has 2 aromatic carbocycles. The number of phenolic OH excluding ortho intramolecular Hbond substituents is 2. The number of carbonyl (C=O) groups is 1. The minimum absolute atomic E-state index is 0.0438. The Bertz CT molecular complexity index is 894. The second kappa shape index (κ2) is 6.99. The van der Waals surface area contributed by atoms with E-state index in [9.17, 15) is 15.0 Å². The number of ketones is 1. The third-order valence-electron chi connectivity index (χ3n) is 4.73. The molecule has 3 rings (SSSR count). The van der Waals surface area contributed by atoms with Crippen molar-refractivity contribution in [2.24, 2.45) is 0 Å². The highest BCUT2D eigenvalue weighted by Crippen LogP contribution is 2.49. The standard InChI is InChI=1S/C22H24O5/c1-13-12-22(2,3)27-18-11-17(26-4)20(21(25)19(13)18)16(24)10-7-14-5-8-15(23)9-6-14/h5-11,13,23,25H,12H2,1-4H3/b10-7+. The average Bonchev–Trinajstić information content (AvgIpc) is 2.59. The first-order valence-corrected chi connectivity index (χ1v) is 8.86. The van der Waals surface area contributed by atoms with E-state index in [1.165, 1.54) is 13.2 Å². The van der Waals surface area contributed by atoms with Gasteiger partial charge in [-0.2, -0.15) is 0 Å². The summed E-state index contributed by atoms with van der Waals surface area (Å²) in [5.41, 5.74) is 1.17. The largest absolute Gasteiger partial charge is 0.508 e. The number of benzene rings is 2. The molecule has 1 atom stereocenters. The van der Waals surface area contributed by atoms with Crippen LogP contribution in [-0.2, 0) is 0 Å². The molecule has 0 saturated carbocycles. The molecule has 5 heteroatoms. The molecule has 1 aliphatic rings. The fraction of sp³-hybridized carbons (Fsp3) is 0.318. The number of rotatable bonds is 4. The van der Waals surface area contributed by atoms with Gasteiger partial charge in [0.15, 0.2) is 5.78 Å². The van der Waals surface area contributed by atoms with Gasteiger partial charge in [0, 0.05) is 11.6 Å². The summed E-state index contributed by atoms with van der Waals surface area (Å²) in [4.78, 5) is 12.8. The molecule has 0 fully saturated rings. The van der Waals surface area contributed by atoms with Crippen molar-refractivity contribution in [2.45, 2.75) is 38.7 Å². The van der Waals surface area contributed by atoms with Gasteiger partial charge >= 0.3 is 0 Å². The summed E-state index contributed by atoms with van der Waals surface area (Å²) in [6, 6.07) is 8.15. The molecule has 2 aromatic rings. The lowest BCUT2D eigenvalue weighted by atomic mass is 9.83. The molecule has 0 saturated heterocycles. The molecule has 0 aliphatic carbocycles. The van der Waals surface area contributed by atoms with Crippen LogP contribution >= 0.6 is 0 Å². The molecule has 27 heavy (non-hydrogen) atoms. The lowest BCUT2D eigenvalue weighted by Crippen LogP contribution is -2.34. The van der Waals surface area contributed by atoms with Gasteiger partial charge in [-0.15, -0.1) is 0 Å². The Labute approximate surface area is 158 Å². The fourth-order valence-electron chi connectivity index (χ4n) is 3.62. The van der Waals surface area contributed by atoms with E-state index >= 15 is 0 Å². The molecule has 1 aliphatic heterocycles. The average molecular weight is 368 g/mol. The number of methoxy groups -OCH3 is 1. The van der Waals surface area contributed by atoms with E-state index in [0.29, 0.717) is 11.3 Å². The van der Waals surface area contributed by atoms with Crippen molar-refractivity contribution in [1.29, 1.82) is 0 Å². The van der Waals surface area contributed by atoms with Crippen LogP contribution in [0.4, 0.5) is 0 Å². The molecule has 1 unspecified atom stereocenters. The fourth-order valence-corrected chi connectivity index (χ4v) is 3.62. The van der Waals surface area contributed by atoms with E-state index in [4.69, 9.17) is 9.47 Å². The van der Waals surface area contributed by atoms with Gasteiger partial charge in [0.2, 0.25) is 0 Å². The van der Waals surface area contributed by atoms with E-state index in [1.54, 1.807) is 36.4 Å². The first-order valence-electron chi connectivity index (χ1n) is 8.86. The zero-order valence-corrected chi connectivity index (χ0v) is 15.9. The Hall–Kier alpha value is -2.95. The van der Waals surface area contributed by atoms with E-state index in [-0.39, 0.29) is 40.1 Å².